The monoisotopic (exact) mass is 268 g/mol. The maximum Gasteiger partial charge on any atom is 0.248 e. The minimum absolute atomic E-state index is 0.00315. The molecule has 4 nitrogen and oxygen atoms in total. The summed E-state index contributed by atoms with van der Waals surface area (Å²) >= 11 is 0. The lowest BCUT2D eigenvalue weighted by Gasteiger charge is -2.36. The Labute approximate surface area is 116 Å². The van der Waals surface area contributed by atoms with Crippen LogP contribution in [0.5, 0.6) is 0 Å². The lowest BCUT2D eigenvalue weighted by atomic mass is 9.91. The molecule has 110 valence electrons. The predicted octanol–water partition coefficient (Wildman–Crippen LogP) is 2.33. The third kappa shape index (κ3) is 3.48. The molecule has 1 aliphatic heterocycles. The van der Waals surface area contributed by atoms with Gasteiger partial charge in [-0.3, -0.25) is 9.59 Å². The molecule has 0 aromatic heterocycles. The lowest BCUT2D eigenvalue weighted by molar-refractivity contribution is -0.140. The zero-order chi connectivity index (χ0) is 14.6. The van der Waals surface area contributed by atoms with Crippen molar-refractivity contribution in [2.75, 3.05) is 6.54 Å². The fraction of sp³-hybridized carbons (Fsp3) is 0.867. The van der Waals surface area contributed by atoms with Crippen molar-refractivity contribution in [3.05, 3.63) is 0 Å². The van der Waals surface area contributed by atoms with E-state index in [2.05, 4.69) is 19.2 Å². The summed E-state index contributed by atoms with van der Waals surface area (Å²) in [6, 6.07) is -0.00813. The van der Waals surface area contributed by atoms with Gasteiger partial charge in [-0.2, -0.15) is 0 Å². The molecule has 0 saturated carbocycles. The van der Waals surface area contributed by atoms with E-state index >= 15 is 0 Å². The second-order valence-corrected chi connectivity index (χ2v) is 6.07. The highest BCUT2D eigenvalue weighted by molar-refractivity contribution is 5.93. The summed E-state index contributed by atoms with van der Waals surface area (Å²) in [4.78, 5) is 26.7. The second-order valence-electron chi connectivity index (χ2n) is 6.07. The largest absolute Gasteiger partial charge is 0.342 e. The number of rotatable bonds is 5. The highest BCUT2D eigenvalue weighted by Crippen LogP contribution is 2.25. The standard InChI is InChI=1S/C15H28N2O2/c1-6-15(7-2)14(19)17(9-8-11(3)4)12(5)10-13(18)16-15/h11-12H,6-10H2,1-5H3,(H,16,18). The highest BCUT2D eigenvalue weighted by Gasteiger charge is 2.43. The van der Waals surface area contributed by atoms with Crippen LogP contribution in [0.3, 0.4) is 0 Å². The van der Waals surface area contributed by atoms with E-state index in [1.807, 2.05) is 25.7 Å². The number of hydrogen-bond acceptors (Lipinski definition) is 2. The first-order valence-electron chi connectivity index (χ1n) is 7.48. The Kier molecular flexibility index (Phi) is 5.39. The van der Waals surface area contributed by atoms with Crippen LogP contribution in [-0.4, -0.2) is 34.8 Å². The highest BCUT2D eigenvalue weighted by atomic mass is 16.2. The third-order valence-electron chi connectivity index (χ3n) is 4.22. The van der Waals surface area contributed by atoms with Crippen molar-refractivity contribution in [2.45, 2.75) is 71.9 Å². The lowest BCUT2D eigenvalue weighted by Crippen LogP contribution is -2.57. The van der Waals surface area contributed by atoms with Crippen LogP contribution >= 0.6 is 0 Å². The summed E-state index contributed by atoms with van der Waals surface area (Å²) < 4.78 is 0. The number of amides is 2. The summed E-state index contributed by atoms with van der Waals surface area (Å²) in [7, 11) is 0. The number of nitrogens with zero attached hydrogens (tertiary/aromatic N) is 1. The number of nitrogens with one attached hydrogen (secondary N) is 1. The zero-order valence-electron chi connectivity index (χ0n) is 13.0. The normalized spacial score (nSPS) is 23.5. The molecular weight excluding hydrogens is 240 g/mol. The first-order valence-corrected chi connectivity index (χ1v) is 7.48. The Morgan fingerprint density at radius 2 is 1.89 bits per heavy atom. The molecule has 1 saturated heterocycles. The quantitative estimate of drug-likeness (QED) is 0.832. The zero-order valence-corrected chi connectivity index (χ0v) is 13.0. The molecule has 0 radical (unpaired) electrons. The minimum atomic E-state index is -0.696. The Morgan fingerprint density at radius 3 is 2.37 bits per heavy atom. The Balaban J connectivity index is 2.99. The van der Waals surface area contributed by atoms with Crippen LogP contribution in [0.15, 0.2) is 0 Å². The maximum atomic E-state index is 12.8. The van der Waals surface area contributed by atoms with Crippen LogP contribution in [-0.2, 0) is 9.59 Å². The predicted molar refractivity (Wildman–Crippen MR) is 76.7 cm³/mol. The molecule has 1 atom stereocenters. The molecule has 19 heavy (non-hydrogen) atoms. The van der Waals surface area contributed by atoms with Gasteiger partial charge in [0, 0.05) is 19.0 Å². The van der Waals surface area contributed by atoms with Crippen LogP contribution in [0, 0.1) is 5.92 Å². The van der Waals surface area contributed by atoms with Gasteiger partial charge in [-0.1, -0.05) is 27.7 Å². The van der Waals surface area contributed by atoms with Gasteiger partial charge < -0.3 is 10.2 Å². The first kappa shape index (κ1) is 16.0. The van der Waals surface area contributed by atoms with Crippen molar-refractivity contribution in [2.24, 2.45) is 5.92 Å². The molecule has 1 rings (SSSR count). The van der Waals surface area contributed by atoms with Gasteiger partial charge >= 0.3 is 0 Å². The van der Waals surface area contributed by atoms with Crippen molar-refractivity contribution >= 4 is 11.8 Å². The summed E-state index contributed by atoms with van der Waals surface area (Å²) in [5, 5.41) is 2.96. The van der Waals surface area contributed by atoms with Crippen LogP contribution in [0.4, 0.5) is 0 Å². The fourth-order valence-corrected chi connectivity index (χ4v) is 2.67. The summed E-state index contributed by atoms with van der Waals surface area (Å²) in [6.45, 7) is 11.0. The summed E-state index contributed by atoms with van der Waals surface area (Å²) in [6.07, 6.45) is 2.69. The molecule has 0 bridgehead atoms. The van der Waals surface area contributed by atoms with Gasteiger partial charge in [0.05, 0.1) is 0 Å². The Hall–Kier alpha value is -1.06. The van der Waals surface area contributed by atoms with Crippen LogP contribution < -0.4 is 5.32 Å². The van der Waals surface area contributed by atoms with E-state index in [0.29, 0.717) is 25.2 Å². The van der Waals surface area contributed by atoms with Gasteiger partial charge in [-0.15, -0.1) is 0 Å². The average molecular weight is 268 g/mol. The topological polar surface area (TPSA) is 49.4 Å². The Bertz CT molecular complexity index is 335. The van der Waals surface area contributed by atoms with Crippen molar-refractivity contribution in [1.82, 2.24) is 10.2 Å². The van der Waals surface area contributed by atoms with Crippen molar-refractivity contribution in [1.29, 1.82) is 0 Å². The fourth-order valence-electron chi connectivity index (χ4n) is 2.67. The molecule has 0 aromatic rings. The molecule has 1 heterocycles. The van der Waals surface area contributed by atoms with E-state index in [9.17, 15) is 9.59 Å². The van der Waals surface area contributed by atoms with E-state index in [0.717, 1.165) is 13.0 Å². The van der Waals surface area contributed by atoms with E-state index in [4.69, 9.17) is 0 Å². The molecule has 1 unspecified atom stereocenters. The molecule has 2 amide bonds. The van der Waals surface area contributed by atoms with E-state index < -0.39 is 5.54 Å². The third-order valence-corrected chi connectivity index (χ3v) is 4.22. The van der Waals surface area contributed by atoms with Crippen LogP contribution in [0.2, 0.25) is 0 Å². The molecule has 1 N–H and O–H groups in total. The van der Waals surface area contributed by atoms with E-state index in [-0.39, 0.29) is 17.9 Å². The Morgan fingerprint density at radius 1 is 1.32 bits per heavy atom. The molecule has 4 heteroatoms. The molecule has 0 aliphatic carbocycles. The van der Waals surface area contributed by atoms with E-state index in [1.165, 1.54) is 0 Å². The van der Waals surface area contributed by atoms with Gasteiger partial charge in [0.15, 0.2) is 0 Å². The second kappa shape index (κ2) is 6.40. The number of carbonyl (C=O) groups excluding carboxylic acids is 2. The van der Waals surface area contributed by atoms with Crippen molar-refractivity contribution in [3.8, 4) is 0 Å². The van der Waals surface area contributed by atoms with Crippen LogP contribution in [0.25, 0.3) is 0 Å². The molecule has 1 fully saturated rings. The first-order chi connectivity index (χ1) is 8.86. The maximum absolute atomic E-state index is 12.8. The number of hydrogen-bond donors (Lipinski definition) is 1. The van der Waals surface area contributed by atoms with Gasteiger partial charge in [-0.05, 0) is 32.1 Å². The van der Waals surface area contributed by atoms with Gasteiger partial charge in [0.2, 0.25) is 11.8 Å². The van der Waals surface area contributed by atoms with Crippen LogP contribution in [0.1, 0.15) is 60.3 Å². The summed E-state index contributed by atoms with van der Waals surface area (Å²) in [5.74, 6) is 0.651. The van der Waals surface area contributed by atoms with Gasteiger partial charge in [0.1, 0.15) is 5.54 Å². The summed E-state index contributed by atoms with van der Waals surface area (Å²) in [5.41, 5.74) is -0.696. The van der Waals surface area contributed by atoms with Crippen molar-refractivity contribution < 1.29 is 9.59 Å². The van der Waals surface area contributed by atoms with Gasteiger partial charge in [0.25, 0.3) is 0 Å². The molecule has 1 aliphatic rings. The molecule has 0 aromatic carbocycles. The molecule has 0 spiro atoms. The SMILES string of the molecule is CCC1(CC)NC(=O)CC(C)N(CCC(C)C)C1=O. The molecular formula is C15H28N2O2. The number of carbonyl (C=O) groups is 2. The smallest absolute Gasteiger partial charge is 0.248 e. The average Bonchev–Trinajstić information content (AvgIpc) is 2.43. The van der Waals surface area contributed by atoms with Gasteiger partial charge in [-0.25, -0.2) is 0 Å². The minimum Gasteiger partial charge on any atom is -0.342 e. The van der Waals surface area contributed by atoms with Crippen molar-refractivity contribution in [3.63, 3.8) is 0 Å². The van der Waals surface area contributed by atoms with E-state index in [1.54, 1.807) is 0 Å².